The Bertz CT molecular complexity index is 308. The van der Waals surface area contributed by atoms with Gasteiger partial charge in [0.05, 0.1) is 0 Å². The first-order chi connectivity index (χ1) is 8.36. The van der Waals surface area contributed by atoms with Crippen molar-refractivity contribution in [1.82, 2.24) is 15.2 Å². The SMILES string of the molecule is CN(CCCN1CCNCC1)c1ccncc1. The molecule has 0 radical (unpaired) electrons. The molecule has 0 saturated carbocycles. The first kappa shape index (κ1) is 12.3. The first-order valence-electron chi connectivity index (χ1n) is 6.40. The zero-order valence-corrected chi connectivity index (χ0v) is 10.6. The van der Waals surface area contributed by atoms with Crippen molar-refractivity contribution in [3.63, 3.8) is 0 Å². The van der Waals surface area contributed by atoms with Crippen LogP contribution in [0.15, 0.2) is 24.5 Å². The highest BCUT2D eigenvalue weighted by Gasteiger charge is 2.09. The van der Waals surface area contributed by atoms with E-state index in [1.165, 1.54) is 31.7 Å². The average Bonchev–Trinajstić information content (AvgIpc) is 2.41. The molecule has 94 valence electrons. The molecule has 1 fully saturated rings. The van der Waals surface area contributed by atoms with Crippen molar-refractivity contribution < 1.29 is 0 Å². The minimum Gasteiger partial charge on any atom is -0.374 e. The van der Waals surface area contributed by atoms with E-state index in [1.807, 2.05) is 12.4 Å². The summed E-state index contributed by atoms with van der Waals surface area (Å²) in [5.74, 6) is 0. The maximum atomic E-state index is 4.04. The Balaban J connectivity index is 1.67. The maximum Gasteiger partial charge on any atom is 0.0394 e. The molecule has 2 heterocycles. The van der Waals surface area contributed by atoms with Crippen LogP contribution in [0.25, 0.3) is 0 Å². The molecule has 2 rings (SSSR count). The summed E-state index contributed by atoms with van der Waals surface area (Å²) in [7, 11) is 2.15. The van der Waals surface area contributed by atoms with Crippen LogP contribution in [0.5, 0.6) is 0 Å². The van der Waals surface area contributed by atoms with Crippen LogP contribution in [0.4, 0.5) is 5.69 Å². The van der Waals surface area contributed by atoms with E-state index < -0.39 is 0 Å². The fourth-order valence-electron chi connectivity index (χ4n) is 2.19. The first-order valence-corrected chi connectivity index (χ1v) is 6.40. The highest BCUT2D eigenvalue weighted by Crippen LogP contribution is 2.09. The van der Waals surface area contributed by atoms with Crippen LogP contribution in [0.3, 0.4) is 0 Å². The number of aromatic nitrogens is 1. The van der Waals surface area contributed by atoms with Gasteiger partial charge < -0.3 is 15.1 Å². The van der Waals surface area contributed by atoms with Crippen LogP contribution in [-0.4, -0.2) is 56.2 Å². The molecule has 4 heteroatoms. The molecule has 1 aromatic rings. The van der Waals surface area contributed by atoms with Gasteiger partial charge in [-0.3, -0.25) is 4.98 Å². The number of nitrogens with one attached hydrogen (secondary N) is 1. The van der Waals surface area contributed by atoms with Crippen LogP contribution in [-0.2, 0) is 0 Å². The van der Waals surface area contributed by atoms with Crippen molar-refractivity contribution in [2.75, 3.05) is 51.2 Å². The van der Waals surface area contributed by atoms with E-state index in [4.69, 9.17) is 0 Å². The standard InChI is InChI=1S/C13H22N4/c1-16(13-3-5-14-6-4-13)9-2-10-17-11-7-15-8-12-17/h3-6,15H,2,7-12H2,1H3. The molecule has 17 heavy (non-hydrogen) atoms. The predicted molar refractivity (Wildman–Crippen MR) is 71.4 cm³/mol. The van der Waals surface area contributed by atoms with Crippen molar-refractivity contribution in [3.8, 4) is 0 Å². The van der Waals surface area contributed by atoms with Crippen molar-refractivity contribution in [2.45, 2.75) is 6.42 Å². The largest absolute Gasteiger partial charge is 0.374 e. The lowest BCUT2D eigenvalue weighted by molar-refractivity contribution is 0.239. The summed E-state index contributed by atoms with van der Waals surface area (Å²) < 4.78 is 0. The molecule has 1 N–H and O–H groups in total. The molecule has 0 spiro atoms. The zero-order chi connectivity index (χ0) is 11.9. The van der Waals surface area contributed by atoms with Crippen LogP contribution >= 0.6 is 0 Å². The number of hydrogen-bond donors (Lipinski definition) is 1. The fraction of sp³-hybridized carbons (Fsp3) is 0.615. The molecule has 1 aromatic heterocycles. The molecular formula is C13H22N4. The Morgan fingerprint density at radius 1 is 1.29 bits per heavy atom. The van der Waals surface area contributed by atoms with Crippen LogP contribution in [0.1, 0.15) is 6.42 Å². The Labute approximate surface area is 104 Å². The molecule has 1 saturated heterocycles. The van der Waals surface area contributed by atoms with Crippen molar-refractivity contribution in [2.24, 2.45) is 0 Å². The Kier molecular flexibility index (Phi) is 4.76. The smallest absolute Gasteiger partial charge is 0.0394 e. The topological polar surface area (TPSA) is 31.4 Å². The lowest BCUT2D eigenvalue weighted by Gasteiger charge is -2.28. The normalized spacial score (nSPS) is 17.0. The van der Waals surface area contributed by atoms with E-state index in [2.05, 4.69) is 39.3 Å². The third-order valence-corrected chi connectivity index (χ3v) is 3.28. The lowest BCUT2D eigenvalue weighted by Crippen LogP contribution is -2.44. The Morgan fingerprint density at radius 2 is 2.00 bits per heavy atom. The molecule has 1 aliphatic rings. The Morgan fingerprint density at radius 3 is 2.71 bits per heavy atom. The molecule has 0 amide bonds. The second kappa shape index (κ2) is 6.57. The molecule has 0 aliphatic carbocycles. The number of rotatable bonds is 5. The monoisotopic (exact) mass is 234 g/mol. The molecule has 1 aliphatic heterocycles. The summed E-state index contributed by atoms with van der Waals surface area (Å²) in [6.07, 6.45) is 4.92. The molecule has 0 unspecified atom stereocenters. The molecule has 0 atom stereocenters. The van der Waals surface area contributed by atoms with Gasteiger partial charge in [-0.1, -0.05) is 0 Å². The van der Waals surface area contributed by atoms with E-state index in [0.29, 0.717) is 0 Å². The summed E-state index contributed by atoms with van der Waals surface area (Å²) >= 11 is 0. The Hall–Kier alpha value is -1.13. The summed E-state index contributed by atoms with van der Waals surface area (Å²) in [6.45, 7) is 6.98. The second-order valence-electron chi connectivity index (χ2n) is 4.57. The quantitative estimate of drug-likeness (QED) is 0.817. The number of nitrogens with zero attached hydrogens (tertiary/aromatic N) is 3. The third kappa shape index (κ3) is 3.98. The summed E-state index contributed by atoms with van der Waals surface area (Å²) in [5.41, 5.74) is 1.25. The minimum absolute atomic E-state index is 1.11. The van der Waals surface area contributed by atoms with Crippen molar-refractivity contribution in [1.29, 1.82) is 0 Å². The fourth-order valence-corrected chi connectivity index (χ4v) is 2.19. The van der Waals surface area contributed by atoms with E-state index in [9.17, 15) is 0 Å². The van der Waals surface area contributed by atoms with Gasteiger partial charge in [0.1, 0.15) is 0 Å². The number of pyridine rings is 1. The van der Waals surface area contributed by atoms with Gasteiger partial charge in [0.15, 0.2) is 0 Å². The van der Waals surface area contributed by atoms with Gasteiger partial charge in [0.25, 0.3) is 0 Å². The van der Waals surface area contributed by atoms with E-state index >= 15 is 0 Å². The van der Waals surface area contributed by atoms with Gasteiger partial charge in [0.2, 0.25) is 0 Å². The number of piperazine rings is 1. The molecule has 0 bridgehead atoms. The summed E-state index contributed by atoms with van der Waals surface area (Å²) in [6, 6.07) is 4.12. The van der Waals surface area contributed by atoms with E-state index in [1.54, 1.807) is 0 Å². The highest BCUT2D eigenvalue weighted by molar-refractivity contribution is 5.43. The van der Waals surface area contributed by atoms with Gasteiger partial charge in [0, 0.05) is 57.9 Å². The van der Waals surface area contributed by atoms with Gasteiger partial charge in [-0.2, -0.15) is 0 Å². The van der Waals surface area contributed by atoms with Crippen LogP contribution < -0.4 is 10.2 Å². The van der Waals surface area contributed by atoms with Crippen LogP contribution in [0.2, 0.25) is 0 Å². The second-order valence-corrected chi connectivity index (χ2v) is 4.57. The maximum absolute atomic E-state index is 4.04. The van der Waals surface area contributed by atoms with Crippen molar-refractivity contribution in [3.05, 3.63) is 24.5 Å². The van der Waals surface area contributed by atoms with Gasteiger partial charge in [-0.25, -0.2) is 0 Å². The average molecular weight is 234 g/mol. The lowest BCUT2D eigenvalue weighted by atomic mass is 10.3. The summed E-state index contributed by atoms with van der Waals surface area (Å²) in [4.78, 5) is 8.87. The molecular weight excluding hydrogens is 212 g/mol. The third-order valence-electron chi connectivity index (χ3n) is 3.28. The van der Waals surface area contributed by atoms with E-state index in [0.717, 1.165) is 19.6 Å². The van der Waals surface area contributed by atoms with Gasteiger partial charge >= 0.3 is 0 Å². The van der Waals surface area contributed by atoms with Gasteiger partial charge in [-0.15, -0.1) is 0 Å². The zero-order valence-electron chi connectivity index (χ0n) is 10.6. The van der Waals surface area contributed by atoms with Crippen molar-refractivity contribution >= 4 is 5.69 Å². The molecule has 4 nitrogen and oxygen atoms in total. The highest BCUT2D eigenvalue weighted by atomic mass is 15.2. The van der Waals surface area contributed by atoms with Gasteiger partial charge in [-0.05, 0) is 25.1 Å². The van der Waals surface area contributed by atoms with Crippen LogP contribution in [0, 0.1) is 0 Å². The number of hydrogen-bond acceptors (Lipinski definition) is 4. The van der Waals surface area contributed by atoms with E-state index in [-0.39, 0.29) is 0 Å². The minimum atomic E-state index is 1.11. The number of anilines is 1. The predicted octanol–water partition coefficient (Wildman–Crippen LogP) is 0.813. The molecule has 0 aromatic carbocycles. The summed E-state index contributed by atoms with van der Waals surface area (Å²) in [5, 5.41) is 3.38.